The molecular formula is C17H24O3. The van der Waals surface area contributed by atoms with Crippen molar-refractivity contribution in [1.29, 1.82) is 0 Å². The van der Waals surface area contributed by atoms with E-state index in [1.54, 1.807) is 0 Å². The van der Waals surface area contributed by atoms with Crippen LogP contribution in [-0.2, 0) is 9.53 Å². The molecule has 1 saturated carbocycles. The molecule has 110 valence electrons. The van der Waals surface area contributed by atoms with Gasteiger partial charge in [-0.15, -0.1) is 0 Å². The van der Waals surface area contributed by atoms with Gasteiger partial charge < -0.3 is 9.47 Å². The largest absolute Gasteiger partial charge is 0.491 e. The van der Waals surface area contributed by atoms with E-state index in [1.807, 2.05) is 26.0 Å². The Bertz CT molecular complexity index is 436. The summed E-state index contributed by atoms with van der Waals surface area (Å²) in [6.45, 7) is 5.53. The zero-order chi connectivity index (χ0) is 14.5. The van der Waals surface area contributed by atoms with Crippen LogP contribution in [0.4, 0.5) is 0 Å². The quantitative estimate of drug-likeness (QED) is 0.778. The van der Waals surface area contributed by atoms with Crippen LogP contribution in [0.1, 0.15) is 57.9 Å². The monoisotopic (exact) mass is 276 g/mol. The smallest absolute Gasteiger partial charge is 0.302 e. The number of rotatable bonds is 4. The first-order valence-corrected chi connectivity index (χ1v) is 7.50. The zero-order valence-electron chi connectivity index (χ0n) is 12.6. The van der Waals surface area contributed by atoms with Crippen molar-refractivity contribution in [3.63, 3.8) is 0 Å². The van der Waals surface area contributed by atoms with Crippen LogP contribution in [0.15, 0.2) is 24.3 Å². The molecule has 0 spiro atoms. The second kappa shape index (κ2) is 6.78. The van der Waals surface area contributed by atoms with E-state index in [9.17, 15) is 4.79 Å². The van der Waals surface area contributed by atoms with Crippen molar-refractivity contribution in [2.75, 3.05) is 0 Å². The summed E-state index contributed by atoms with van der Waals surface area (Å²) in [5.41, 5.74) is 1.24. The van der Waals surface area contributed by atoms with Gasteiger partial charge in [0.15, 0.2) is 0 Å². The lowest BCUT2D eigenvalue weighted by Gasteiger charge is -2.31. The third-order valence-corrected chi connectivity index (χ3v) is 3.70. The third-order valence-electron chi connectivity index (χ3n) is 3.70. The van der Waals surface area contributed by atoms with Gasteiger partial charge in [-0.05, 0) is 50.8 Å². The van der Waals surface area contributed by atoms with Crippen molar-refractivity contribution < 1.29 is 14.3 Å². The predicted octanol–water partition coefficient (Wildman–Crippen LogP) is 4.06. The Morgan fingerprint density at radius 3 is 2.40 bits per heavy atom. The standard InChI is InChI=1S/C17H24O3/c1-12(2)19-15-10-8-14(9-11-15)16-6-4-5-7-17(16)20-13(3)18/h8-12,16-17H,4-7H2,1-3H3. The van der Waals surface area contributed by atoms with Crippen molar-refractivity contribution in [1.82, 2.24) is 0 Å². The lowest BCUT2D eigenvalue weighted by atomic mass is 9.81. The second-order valence-corrected chi connectivity index (χ2v) is 5.77. The molecule has 2 atom stereocenters. The van der Waals surface area contributed by atoms with E-state index in [0.29, 0.717) is 5.92 Å². The van der Waals surface area contributed by atoms with Crippen LogP contribution in [0, 0.1) is 0 Å². The van der Waals surface area contributed by atoms with Crippen LogP contribution < -0.4 is 4.74 Å². The van der Waals surface area contributed by atoms with Gasteiger partial charge in [-0.3, -0.25) is 4.79 Å². The highest BCUT2D eigenvalue weighted by Crippen LogP contribution is 2.35. The van der Waals surface area contributed by atoms with Crippen molar-refractivity contribution in [2.24, 2.45) is 0 Å². The summed E-state index contributed by atoms with van der Waals surface area (Å²) >= 11 is 0. The second-order valence-electron chi connectivity index (χ2n) is 5.77. The Labute approximate surface area is 121 Å². The van der Waals surface area contributed by atoms with E-state index in [4.69, 9.17) is 9.47 Å². The maximum atomic E-state index is 11.2. The molecule has 20 heavy (non-hydrogen) atoms. The minimum absolute atomic E-state index is 0.0260. The Kier molecular flexibility index (Phi) is 5.05. The first-order valence-electron chi connectivity index (χ1n) is 7.50. The molecule has 1 aliphatic rings. The van der Waals surface area contributed by atoms with Crippen molar-refractivity contribution in [3.8, 4) is 5.75 Å². The van der Waals surface area contributed by atoms with Gasteiger partial charge in [0.05, 0.1) is 6.10 Å². The van der Waals surface area contributed by atoms with Crippen LogP contribution in [0.2, 0.25) is 0 Å². The van der Waals surface area contributed by atoms with Gasteiger partial charge in [-0.1, -0.05) is 18.6 Å². The van der Waals surface area contributed by atoms with Gasteiger partial charge in [-0.2, -0.15) is 0 Å². The number of benzene rings is 1. The number of carbonyl (C=O) groups excluding carboxylic acids is 1. The van der Waals surface area contributed by atoms with E-state index in [-0.39, 0.29) is 18.2 Å². The molecule has 2 unspecified atom stereocenters. The molecule has 0 bridgehead atoms. The Hall–Kier alpha value is -1.51. The van der Waals surface area contributed by atoms with Crippen LogP contribution in [0.3, 0.4) is 0 Å². The van der Waals surface area contributed by atoms with Gasteiger partial charge in [0.1, 0.15) is 11.9 Å². The summed E-state index contributed by atoms with van der Waals surface area (Å²) in [7, 11) is 0. The topological polar surface area (TPSA) is 35.5 Å². The molecule has 0 heterocycles. The normalized spacial score (nSPS) is 22.6. The first kappa shape index (κ1) is 14.9. The van der Waals surface area contributed by atoms with Gasteiger partial charge >= 0.3 is 5.97 Å². The molecule has 1 aromatic rings. The van der Waals surface area contributed by atoms with Crippen LogP contribution >= 0.6 is 0 Å². The minimum Gasteiger partial charge on any atom is -0.491 e. The Morgan fingerprint density at radius 1 is 1.15 bits per heavy atom. The number of esters is 1. The van der Waals surface area contributed by atoms with Gasteiger partial charge in [0.2, 0.25) is 0 Å². The van der Waals surface area contributed by atoms with Crippen LogP contribution in [0.5, 0.6) is 5.75 Å². The summed E-state index contributed by atoms with van der Waals surface area (Å²) in [5.74, 6) is 1.03. The highest BCUT2D eigenvalue weighted by Gasteiger charge is 2.28. The molecule has 0 radical (unpaired) electrons. The maximum Gasteiger partial charge on any atom is 0.302 e. The lowest BCUT2D eigenvalue weighted by molar-refractivity contribution is -0.148. The average Bonchev–Trinajstić information content (AvgIpc) is 2.39. The lowest BCUT2D eigenvalue weighted by Crippen LogP contribution is -2.27. The molecular weight excluding hydrogens is 252 g/mol. The third kappa shape index (κ3) is 3.99. The van der Waals surface area contributed by atoms with Crippen molar-refractivity contribution >= 4 is 5.97 Å². The van der Waals surface area contributed by atoms with Gasteiger partial charge in [0.25, 0.3) is 0 Å². The number of hydrogen-bond donors (Lipinski definition) is 0. The molecule has 0 saturated heterocycles. The summed E-state index contributed by atoms with van der Waals surface area (Å²) in [6, 6.07) is 8.22. The molecule has 3 heteroatoms. The zero-order valence-corrected chi connectivity index (χ0v) is 12.6. The molecule has 1 aromatic carbocycles. The molecule has 0 aromatic heterocycles. The van der Waals surface area contributed by atoms with Gasteiger partial charge in [0, 0.05) is 12.8 Å². The van der Waals surface area contributed by atoms with E-state index in [2.05, 4.69) is 12.1 Å². The molecule has 0 aliphatic heterocycles. The van der Waals surface area contributed by atoms with E-state index in [0.717, 1.165) is 25.0 Å². The van der Waals surface area contributed by atoms with Crippen LogP contribution in [-0.4, -0.2) is 18.2 Å². The van der Waals surface area contributed by atoms with E-state index < -0.39 is 0 Å². The summed E-state index contributed by atoms with van der Waals surface area (Å²) in [5, 5.41) is 0. The van der Waals surface area contributed by atoms with Crippen molar-refractivity contribution in [2.45, 2.75) is 64.6 Å². The molecule has 3 nitrogen and oxygen atoms in total. The average molecular weight is 276 g/mol. The molecule has 0 amide bonds. The minimum atomic E-state index is -0.179. The fourth-order valence-electron chi connectivity index (χ4n) is 2.90. The molecule has 2 rings (SSSR count). The van der Waals surface area contributed by atoms with Crippen LogP contribution in [0.25, 0.3) is 0 Å². The fourth-order valence-corrected chi connectivity index (χ4v) is 2.90. The first-order chi connectivity index (χ1) is 9.56. The Morgan fingerprint density at radius 2 is 1.80 bits per heavy atom. The van der Waals surface area contributed by atoms with Gasteiger partial charge in [-0.25, -0.2) is 0 Å². The maximum absolute atomic E-state index is 11.2. The SMILES string of the molecule is CC(=O)OC1CCCCC1c1ccc(OC(C)C)cc1. The number of hydrogen-bond acceptors (Lipinski definition) is 3. The summed E-state index contributed by atoms with van der Waals surface area (Å²) in [6.07, 6.45) is 4.61. The Balaban J connectivity index is 2.09. The molecule has 0 N–H and O–H groups in total. The van der Waals surface area contributed by atoms with E-state index in [1.165, 1.54) is 18.9 Å². The highest BCUT2D eigenvalue weighted by atomic mass is 16.5. The molecule has 1 fully saturated rings. The fraction of sp³-hybridized carbons (Fsp3) is 0.588. The molecule has 1 aliphatic carbocycles. The summed E-state index contributed by atoms with van der Waals surface area (Å²) < 4.78 is 11.1. The van der Waals surface area contributed by atoms with Crippen molar-refractivity contribution in [3.05, 3.63) is 29.8 Å². The summed E-state index contributed by atoms with van der Waals surface area (Å²) in [4.78, 5) is 11.2. The predicted molar refractivity (Wildman–Crippen MR) is 79.0 cm³/mol. The van der Waals surface area contributed by atoms with E-state index >= 15 is 0 Å². The number of carbonyl (C=O) groups is 1. The highest BCUT2D eigenvalue weighted by molar-refractivity contribution is 5.66. The number of ether oxygens (including phenoxy) is 2.